The number of hydrogen-bond donors (Lipinski definition) is 0. The first-order chi connectivity index (χ1) is 10.0. The van der Waals surface area contributed by atoms with E-state index in [2.05, 4.69) is 6.92 Å². The number of halogens is 1. The molecule has 1 aromatic carbocycles. The van der Waals surface area contributed by atoms with Gasteiger partial charge >= 0.3 is 5.69 Å². The highest BCUT2D eigenvalue weighted by molar-refractivity contribution is 6.21. The lowest BCUT2D eigenvalue weighted by molar-refractivity contribution is 0.0864. The van der Waals surface area contributed by atoms with E-state index in [-0.39, 0.29) is 17.2 Å². The van der Waals surface area contributed by atoms with Gasteiger partial charge in [-0.15, -0.1) is 11.6 Å². The summed E-state index contributed by atoms with van der Waals surface area (Å²) >= 11 is 6.71. The van der Waals surface area contributed by atoms with Crippen molar-refractivity contribution in [2.45, 2.75) is 31.2 Å². The first kappa shape index (κ1) is 14.7. The molecular formula is C16H21ClN2O2. The third-order valence-corrected chi connectivity index (χ3v) is 5.23. The third-order valence-electron chi connectivity index (χ3n) is 4.65. The van der Waals surface area contributed by atoms with E-state index in [4.69, 9.17) is 16.3 Å². The van der Waals surface area contributed by atoms with Crippen molar-refractivity contribution in [3.05, 3.63) is 34.2 Å². The van der Waals surface area contributed by atoms with Crippen molar-refractivity contribution in [3.8, 4) is 0 Å². The molecule has 0 radical (unpaired) electrons. The molecule has 2 heterocycles. The molecule has 1 aliphatic rings. The fourth-order valence-electron chi connectivity index (χ4n) is 3.36. The Kier molecular flexibility index (Phi) is 3.84. The van der Waals surface area contributed by atoms with Crippen LogP contribution in [0.15, 0.2) is 23.0 Å². The van der Waals surface area contributed by atoms with Crippen LogP contribution in [-0.4, -0.2) is 21.8 Å². The second kappa shape index (κ2) is 5.50. The van der Waals surface area contributed by atoms with Crippen molar-refractivity contribution in [3.63, 3.8) is 0 Å². The Morgan fingerprint density at radius 2 is 2.05 bits per heavy atom. The Hall–Kier alpha value is -1.26. The number of nitrogens with zero attached hydrogens (tertiary/aromatic N) is 2. The summed E-state index contributed by atoms with van der Waals surface area (Å²) in [5.74, 6) is 0.342. The molecule has 1 saturated heterocycles. The van der Waals surface area contributed by atoms with Crippen LogP contribution in [0.3, 0.4) is 0 Å². The first-order valence-electron chi connectivity index (χ1n) is 7.45. The number of ether oxygens (including phenoxy) is 1. The van der Waals surface area contributed by atoms with Crippen LogP contribution in [0.25, 0.3) is 11.0 Å². The average molecular weight is 309 g/mol. The number of imidazole rings is 1. The van der Waals surface area contributed by atoms with Gasteiger partial charge in [0.05, 0.1) is 22.5 Å². The van der Waals surface area contributed by atoms with Gasteiger partial charge in [-0.2, -0.15) is 0 Å². The average Bonchev–Trinajstić information content (AvgIpc) is 3.06. The highest BCUT2D eigenvalue weighted by Gasteiger charge is 2.33. The molecule has 0 bridgehead atoms. The SMILES string of the molecule is CCC1OCCC1C(Cl)c1ccc2c(c1)n(C)c(=O)n2C. The Bertz CT molecular complexity index is 719. The lowest BCUT2D eigenvalue weighted by atomic mass is 9.91. The fourth-order valence-corrected chi connectivity index (χ4v) is 3.79. The van der Waals surface area contributed by atoms with Crippen LogP contribution in [0.1, 0.15) is 30.7 Å². The zero-order valence-corrected chi connectivity index (χ0v) is 13.4. The molecule has 0 spiro atoms. The third kappa shape index (κ3) is 2.30. The van der Waals surface area contributed by atoms with E-state index in [0.717, 1.165) is 36.0 Å². The number of alkyl halides is 1. The summed E-state index contributed by atoms with van der Waals surface area (Å²) in [6.07, 6.45) is 2.22. The number of rotatable bonds is 3. The predicted molar refractivity (Wildman–Crippen MR) is 84.9 cm³/mol. The molecule has 21 heavy (non-hydrogen) atoms. The molecule has 3 rings (SSSR count). The zero-order valence-electron chi connectivity index (χ0n) is 12.7. The minimum Gasteiger partial charge on any atom is -0.378 e. The number of hydrogen-bond acceptors (Lipinski definition) is 2. The zero-order chi connectivity index (χ0) is 15.1. The molecule has 4 nitrogen and oxygen atoms in total. The minimum atomic E-state index is -0.0721. The minimum absolute atomic E-state index is 0.0103. The van der Waals surface area contributed by atoms with Gasteiger partial charge in [-0.3, -0.25) is 9.13 Å². The van der Waals surface area contributed by atoms with Crippen molar-refractivity contribution >= 4 is 22.6 Å². The van der Waals surface area contributed by atoms with E-state index in [1.54, 1.807) is 23.2 Å². The van der Waals surface area contributed by atoms with Gasteiger partial charge in [0.25, 0.3) is 0 Å². The summed E-state index contributed by atoms with van der Waals surface area (Å²) < 4.78 is 9.08. The van der Waals surface area contributed by atoms with Gasteiger partial charge in [0, 0.05) is 26.6 Å². The number of aryl methyl sites for hydroxylation is 2. The number of aromatic nitrogens is 2. The highest BCUT2D eigenvalue weighted by atomic mass is 35.5. The van der Waals surface area contributed by atoms with Gasteiger partial charge in [0.1, 0.15) is 0 Å². The predicted octanol–water partition coefficient (Wildman–Crippen LogP) is 2.97. The van der Waals surface area contributed by atoms with Gasteiger partial charge in [0.15, 0.2) is 0 Å². The molecule has 0 saturated carbocycles. The number of benzene rings is 1. The fraction of sp³-hybridized carbons (Fsp3) is 0.562. The molecule has 2 aromatic rings. The maximum atomic E-state index is 12.0. The molecule has 0 amide bonds. The Labute approximate surface area is 129 Å². The second-order valence-corrected chi connectivity index (χ2v) is 6.29. The largest absolute Gasteiger partial charge is 0.378 e. The summed E-state index contributed by atoms with van der Waals surface area (Å²) in [5.41, 5.74) is 2.92. The highest BCUT2D eigenvalue weighted by Crippen LogP contribution is 2.39. The maximum absolute atomic E-state index is 12.0. The van der Waals surface area contributed by atoms with Crippen molar-refractivity contribution in [2.24, 2.45) is 20.0 Å². The van der Waals surface area contributed by atoms with Crippen LogP contribution in [0, 0.1) is 5.92 Å². The van der Waals surface area contributed by atoms with Crippen molar-refractivity contribution in [1.29, 1.82) is 0 Å². The lowest BCUT2D eigenvalue weighted by Gasteiger charge is -2.22. The van der Waals surface area contributed by atoms with Gasteiger partial charge in [-0.25, -0.2) is 4.79 Å². The van der Waals surface area contributed by atoms with Gasteiger partial charge < -0.3 is 4.74 Å². The summed E-state index contributed by atoms with van der Waals surface area (Å²) in [6, 6.07) is 6.06. The van der Waals surface area contributed by atoms with Crippen molar-refractivity contribution < 1.29 is 4.74 Å². The molecule has 114 valence electrons. The van der Waals surface area contributed by atoms with Crippen LogP contribution >= 0.6 is 11.6 Å². The molecule has 0 aliphatic carbocycles. The first-order valence-corrected chi connectivity index (χ1v) is 7.89. The smallest absolute Gasteiger partial charge is 0.328 e. The summed E-state index contributed by atoms with van der Waals surface area (Å²) in [6.45, 7) is 2.93. The summed E-state index contributed by atoms with van der Waals surface area (Å²) in [7, 11) is 3.59. The molecule has 1 aliphatic heterocycles. The van der Waals surface area contributed by atoms with E-state index < -0.39 is 0 Å². The Balaban J connectivity index is 2.01. The van der Waals surface area contributed by atoms with E-state index in [1.165, 1.54) is 0 Å². The van der Waals surface area contributed by atoms with Crippen LogP contribution < -0.4 is 5.69 Å². The topological polar surface area (TPSA) is 36.2 Å². The standard InChI is InChI=1S/C16H21ClN2O2/c1-4-14-11(7-8-21-14)15(17)10-5-6-12-13(9-10)19(3)16(20)18(12)2/h5-6,9,11,14-15H,4,7-8H2,1-3H3. The number of fused-ring (bicyclic) bond motifs is 1. The van der Waals surface area contributed by atoms with Gasteiger partial charge in [0.2, 0.25) is 0 Å². The van der Waals surface area contributed by atoms with Crippen molar-refractivity contribution in [2.75, 3.05) is 6.61 Å². The van der Waals surface area contributed by atoms with Crippen LogP contribution in [0.2, 0.25) is 0 Å². The molecule has 0 N–H and O–H groups in total. The molecule has 3 atom stereocenters. The molecule has 5 heteroatoms. The molecular weight excluding hydrogens is 288 g/mol. The Morgan fingerprint density at radius 3 is 2.76 bits per heavy atom. The molecule has 1 fully saturated rings. The normalized spacial score (nSPS) is 23.8. The van der Waals surface area contributed by atoms with E-state index in [1.807, 2.05) is 18.2 Å². The summed E-state index contributed by atoms with van der Waals surface area (Å²) in [4.78, 5) is 12.0. The van der Waals surface area contributed by atoms with E-state index in [9.17, 15) is 4.79 Å². The summed E-state index contributed by atoms with van der Waals surface area (Å²) in [5, 5.41) is -0.0721. The van der Waals surface area contributed by atoms with Gasteiger partial charge in [-0.1, -0.05) is 13.0 Å². The second-order valence-electron chi connectivity index (χ2n) is 5.82. The van der Waals surface area contributed by atoms with E-state index in [0.29, 0.717) is 5.92 Å². The maximum Gasteiger partial charge on any atom is 0.328 e. The monoisotopic (exact) mass is 308 g/mol. The molecule has 3 unspecified atom stereocenters. The Morgan fingerprint density at radius 1 is 1.33 bits per heavy atom. The van der Waals surface area contributed by atoms with Gasteiger partial charge in [-0.05, 0) is 30.5 Å². The van der Waals surface area contributed by atoms with Crippen LogP contribution in [0.4, 0.5) is 0 Å². The van der Waals surface area contributed by atoms with Crippen LogP contribution in [0.5, 0.6) is 0 Å². The molecule has 1 aromatic heterocycles. The van der Waals surface area contributed by atoms with Crippen LogP contribution in [-0.2, 0) is 18.8 Å². The van der Waals surface area contributed by atoms with Crippen molar-refractivity contribution in [1.82, 2.24) is 9.13 Å². The van der Waals surface area contributed by atoms with E-state index >= 15 is 0 Å². The quantitative estimate of drug-likeness (QED) is 0.817. The lowest BCUT2D eigenvalue weighted by Crippen LogP contribution is -2.19.